The molecule has 0 bridgehead atoms. The Labute approximate surface area is 176 Å². The Morgan fingerprint density at radius 2 is 1.90 bits per heavy atom. The van der Waals surface area contributed by atoms with Crippen LogP contribution in [0.4, 0.5) is 10.1 Å². The van der Waals surface area contributed by atoms with Gasteiger partial charge in [-0.3, -0.25) is 4.79 Å². The average molecular weight is 474 g/mol. The lowest BCUT2D eigenvalue weighted by atomic mass is 10.3. The van der Waals surface area contributed by atoms with Gasteiger partial charge in [0.15, 0.2) is 5.65 Å². The summed E-state index contributed by atoms with van der Waals surface area (Å²) in [4.78, 5) is 25.5. The third-order valence-electron chi connectivity index (χ3n) is 3.86. The Bertz CT molecular complexity index is 1260. The standard InChI is InChI=1S/C19H13BrFN5O2S/c20-12-4-6-14(7-5-12)22-17(27)11-25-19(28)26-16(23-25)8-9-18(24-26)29-15-3-1-2-13(21)10-15/h1-10H,11H2,(H,22,27). The molecule has 0 spiro atoms. The van der Waals surface area contributed by atoms with Crippen molar-refractivity contribution in [2.45, 2.75) is 16.5 Å². The Morgan fingerprint density at radius 3 is 2.66 bits per heavy atom. The summed E-state index contributed by atoms with van der Waals surface area (Å²) in [5.41, 5.74) is 0.393. The molecule has 0 atom stereocenters. The molecule has 0 unspecified atom stereocenters. The van der Waals surface area contributed by atoms with Crippen LogP contribution in [0, 0.1) is 5.82 Å². The van der Waals surface area contributed by atoms with Crippen LogP contribution in [-0.2, 0) is 11.3 Å². The molecule has 2 heterocycles. The number of hydrogen-bond acceptors (Lipinski definition) is 5. The molecule has 1 amide bonds. The number of benzene rings is 2. The first-order valence-electron chi connectivity index (χ1n) is 8.44. The molecular weight excluding hydrogens is 461 g/mol. The van der Waals surface area contributed by atoms with Gasteiger partial charge in [0.2, 0.25) is 5.91 Å². The molecule has 1 N–H and O–H groups in total. The van der Waals surface area contributed by atoms with Gasteiger partial charge in [-0.25, -0.2) is 13.9 Å². The molecular formula is C19H13BrFN5O2S. The van der Waals surface area contributed by atoms with E-state index in [2.05, 4.69) is 31.4 Å². The Balaban J connectivity index is 1.53. The predicted molar refractivity (Wildman–Crippen MR) is 111 cm³/mol. The molecule has 0 aliphatic rings. The van der Waals surface area contributed by atoms with Crippen LogP contribution < -0.4 is 11.0 Å². The van der Waals surface area contributed by atoms with Gasteiger partial charge in [0.1, 0.15) is 17.4 Å². The highest BCUT2D eigenvalue weighted by Crippen LogP contribution is 2.26. The summed E-state index contributed by atoms with van der Waals surface area (Å²) in [6.45, 7) is -0.245. The SMILES string of the molecule is O=C(Cn1nc2ccc(Sc3cccc(F)c3)nn2c1=O)Nc1ccc(Br)cc1. The van der Waals surface area contributed by atoms with Crippen LogP contribution in [0.3, 0.4) is 0 Å². The van der Waals surface area contributed by atoms with E-state index in [-0.39, 0.29) is 18.3 Å². The van der Waals surface area contributed by atoms with Crippen molar-refractivity contribution in [2.75, 3.05) is 5.32 Å². The number of anilines is 1. The zero-order valence-corrected chi connectivity index (χ0v) is 17.2. The molecule has 29 heavy (non-hydrogen) atoms. The average Bonchev–Trinajstić information content (AvgIpc) is 2.99. The van der Waals surface area contributed by atoms with E-state index in [9.17, 15) is 14.0 Å². The van der Waals surface area contributed by atoms with E-state index in [0.29, 0.717) is 21.3 Å². The van der Waals surface area contributed by atoms with Gasteiger partial charge < -0.3 is 5.32 Å². The fraction of sp³-hybridized carbons (Fsp3) is 0.0526. The maximum atomic E-state index is 13.3. The van der Waals surface area contributed by atoms with Gasteiger partial charge in [-0.2, -0.15) is 9.61 Å². The summed E-state index contributed by atoms with van der Waals surface area (Å²) in [5.74, 6) is -0.731. The first-order chi connectivity index (χ1) is 14.0. The first-order valence-corrected chi connectivity index (χ1v) is 10.0. The lowest BCUT2D eigenvalue weighted by Gasteiger charge is -2.04. The number of hydrogen-bond donors (Lipinski definition) is 1. The number of halogens is 2. The van der Waals surface area contributed by atoms with Gasteiger partial charge in [-0.1, -0.05) is 33.8 Å². The zero-order valence-electron chi connectivity index (χ0n) is 14.8. The highest BCUT2D eigenvalue weighted by atomic mass is 79.9. The number of nitrogens with zero attached hydrogens (tertiary/aromatic N) is 4. The van der Waals surface area contributed by atoms with Crippen LogP contribution in [0.5, 0.6) is 0 Å². The minimum atomic E-state index is -0.535. The molecule has 2 aromatic heterocycles. The van der Waals surface area contributed by atoms with Crippen LogP contribution in [0.2, 0.25) is 0 Å². The quantitative estimate of drug-likeness (QED) is 0.478. The second-order valence-corrected chi connectivity index (χ2v) is 8.01. The summed E-state index contributed by atoms with van der Waals surface area (Å²) in [7, 11) is 0. The highest BCUT2D eigenvalue weighted by molar-refractivity contribution is 9.10. The molecule has 0 fully saturated rings. The summed E-state index contributed by atoms with van der Waals surface area (Å²) < 4.78 is 16.4. The van der Waals surface area contributed by atoms with E-state index >= 15 is 0 Å². The summed E-state index contributed by atoms with van der Waals surface area (Å²) >= 11 is 4.55. The number of rotatable bonds is 5. The number of aromatic nitrogens is 4. The summed E-state index contributed by atoms with van der Waals surface area (Å²) in [5, 5.41) is 11.6. The number of nitrogens with one attached hydrogen (secondary N) is 1. The van der Waals surface area contributed by atoms with Crippen molar-refractivity contribution in [1.82, 2.24) is 19.4 Å². The molecule has 7 nitrogen and oxygen atoms in total. The van der Waals surface area contributed by atoms with E-state index in [1.807, 2.05) is 0 Å². The maximum Gasteiger partial charge on any atom is 0.367 e. The van der Waals surface area contributed by atoms with Crippen molar-refractivity contribution in [3.05, 3.63) is 81.4 Å². The lowest BCUT2D eigenvalue weighted by molar-refractivity contribution is -0.117. The van der Waals surface area contributed by atoms with E-state index in [4.69, 9.17) is 0 Å². The highest BCUT2D eigenvalue weighted by Gasteiger charge is 2.13. The number of fused-ring (bicyclic) bond motifs is 1. The van der Waals surface area contributed by atoms with Gasteiger partial charge in [0, 0.05) is 15.1 Å². The van der Waals surface area contributed by atoms with Gasteiger partial charge in [-0.15, -0.1) is 5.10 Å². The molecule has 2 aromatic carbocycles. The summed E-state index contributed by atoms with van der Waals surface area (Å²) in [6.07, 6.45) is 0. The summed E-state index contributed by atoms with van der Waals surface area (Å²) in [6, 6.07) is 16.5. The minimum absolute atomic E-state index is 0.245. The first kappa shape index (κ1) is 19.3. The maximum absolute atomic E-state index is 13.3. The van der Waals surface area contributed by atoms with Crippen LogP contribution in [0.15, 0.2) is 79.9 Å². The van der Waals surface area contributed by atoms with Crippen molar-refractivity contribution in [3.8, 4) is 0 Å². The third-order valence-corrected chi connectivity index (χ3v) is 5.30. The van der Waals surface area contributed by atoms with E-state index in [1.165, 1.54) is 23.9 Å². The Hall–Kier alpha value is -2.98. The Kier molecular flexibility index (Phi) is 5.45. The predicted octanol–water partition coefficient (Wildman–Crippen LogP) is 3.58. The van der Waals surface area contributed by atoms with E-state index in [1.54, 1.807) is 48.5 Å². The van der Waals surface area contributed by atoms with Gasteiger partial charge in [-0.05, 0) is 54.6 Å². The molecule has 0 radical (unpaired) electrons. The Morgan fingerprint density at radius 1 is 1.10 bits per heavy atom. The number of carbonyl (C=O) groups is 1. The molecule has 4 aromatic rings. The van der Waals surface area contributed by atoms with Gasteiger partial charge in [0.05, 0.1) is 0 Å². The van der Waals surface area contributed by atoms with Crippen molar-refractivity contribution >= 4 is 44.9 Å². The molecule has 0 aliphatic carbocycles. The van der Waals surface area contributed by atoms with Gasteiger partial charge in [0.25, 0.3) is 0 Å². The molecule has 10 heteroatoms. The number of carbonyl (C=O) groups excluding carboxylic acids is 1. The monoisotopic (exact) mass is 473 g/mol. The topological polar surface area (TPSA) is 81.3 Å². The second-order valence-electron chi connectivity index (χ2n) is 6.00. The lowest BCUT2D eigenvalue weighted by Crippen LogP contribution is -2.28. The van der Waals surface area contributed by atoms with Crippen molar-refractivity contribution in [3.63, 3.8) is 0 Å². The van der Waals surface area contributed by atoms with Crippen LogP contribution in [-0.4, -0.2) is 25.3 Å². The van der Waals surface area contributed by atoms with Crippen LogP contribution in [0.1, 0.15) is 0 Å². The third kappa shape index (κ3) is 4.54. The molecule has 146 valence electrons. The van der Waals surface area contributed by atoms with Crippen LogP contribution in [0.25, 0.3) is 5.65 Å². The van der Waals surface area contributed by atoms with Crippen molar-refractivity contribution in [2.24, 2.45) is 0 Å². The fourth-order valence-electron chi connectivity index (χ4n) is 2.57. The second kappa shape index (κ2) is 8.18. The van der Waals surface area contributed by atoms with E-state index < -0.39 is 5.69 Å². The van der Waals surface area contributed by atoms with Crippen LogP contribution >= 0.6 is 27.7 Å². The normalized spacial score (nSPS) is 11.0. The van der Waals surface area contributed by atoms with Gasteiger partial charge >= 0.3 is 5.69 Å². The minimum Gasteiger partial charge on any atom is -0.324 e. The smallest absolute Gasteiger partial charge is 0.324 e. The molecule has 4 rings (SSSR count). The molecule has 0 saturated heterocycles. The van der Waals surface area contributed by atoms with Crippen molar-refractivity contribution < 1.29 is 9.18 Å². The zero-order chi connectivity index (χ0) is 20.4. The molecule has 0 aliphatic heterocycles. The largest absolute Gasteiger partial charge is 0.367 e. The van der Waals surface area contributed by atoms with Crippen molar-refractivity contribution in [1.29, 1.82) is 0 Å². The fourth-order valence-corrected chi connectivity index (χ4v) is 3.65. The number of amides is 1. The molecule has 0 saturated carbocycles. The van der Waals surface area contributed by atoms with E-state index in [0.717, 1.165) is 13.7 Å².